The zero-order chi connectivity index (χ0) is 13.7. The number of hydrogen-bond donors (Lipinski definition) is 2. The number of allylic oxidation sites excluding steroid dienone is 1. The van der Waals surface area contributed by atoms with Gasteiger partial charge in [-0.2, -0.15) is 0 Å². The molecule has 4 nitrogen and oxygen atoms in total. The minimum Gasteiger partial charge on any atom is -0.512 e. The summed E-state index contributed by atoms with van der Waals surface area (Å²) in [4.78, 5) is 16.0. The Kier molecular flexibility index (Phi) is 4.66. The van der Waals surface area contributed by atoms with Crippen molar-refractivity contribution < 1.29 is 9.90 Å². The third kappa shape index (κ3) is 3.20. The number of nitrogens with one attached hydrogen (secondary N) is 1. The van der Waals surface area contributed by atoms with Gasteiger partial charge in [0.25, 0.3) is 5.91 Å². The van der Waals surface area contributed by atoms with Gasteiger partial charge in [0.1, 0.15) is 5.76 Å². The van der Waals surface area contributed by atoms with Crippen LogP contribution in [0.2, 0.25) is 0 Å². The first-order valence-corrected chi connectivity index (χ1v) is 5.68. The highest BCUT2D eigenvalue weighted by Gasteiger charge is 2.16. The average molecular weight is 246 g/mol. The molecule has 18 heavy (non-hydrogen) atoms. The third-order valence-corrected chi connectivity index (χ3v) is 2.68. The largest absolute Gasteiger partial charge is 0.512 e. The fourth-order valence-corrected chi connectivity index (χ4v) is 1.60. The molecule has 0 atom stereocenters. The number of rotatable bonds is 3. The lowest BCUT2D eigenvalue weighted by Crippen LogP contribution is -2.21. The molecule has 0 saturated heterocycles. The normalized spacial score (nSPS) is 13.0. The van der Waals surface area contributed by atoms with E-state index in [1.54, 1.807) is 14.0 Å². The molecule has 0 aromatic heterocycles. The standard InChI is InChI=1S/C14H18N2O2/c1-9-7-5-6-8-12(9)16-14(18)13(11(3)17)10(2)15-4/h5-8,17H,1-4H3,(H,16,18). The lowest BCUT2D eigenvalue weighted by Gasteiger charge is -2.11. The highest BCUT2D eigenvalue weighted by atomic mass is 16.3. The molecule has 0 aliphatic rings. The Morgan fingerprint density at radius 2 is 1.89 bits per heavy atom. The Labute approximate surface area is 107 Å². The van der Waals surface area contributed by atoms with E-state index in [1.807, 2.05) is 31.2 Å². The highest BCUT2D eigenvalue weighted by Crippen LogP contribution is 2.15. The fraction of sp³-hybridized carbons (Fsp3) is 0.286. The summed E-state index contributed by atoms with van der Waals surface area (Å²) in [6, 6.07) is 7.47. The first-order chi connectivity index (χ1) is 8.47. The summed E-state index contributed by atoms with van der Waals surface area (Å²) < 4.78 is 0. The molecule has 1 amide bonds. The van der Waals surface area contributed by atoms with Crippen LogP contribution in [0.4, 0.5) is 5.69 Å². The number of aliphatic hydroxyl groups is 1. The van der Waals surface area contributed by atoms with Crippen LogP contribution in [0.15, 0.2) is 40.6 Å². The van der Waals surface area contributed by atoms with E-state index in [4.69, 9.17) is 0 Å². The quantitative estimate of drug-likeness (QED) is 0.489. The summed E-state index contributed by atoms with van der Waals surface area (Å²) in [6.45, 7) is 5.07. The predicted molar refractivity (Wildman–Crippen MR) is 74.2 cm³/mol. The molecular formula is C14H18N2O2. The second-order valence-electron chi connectivity index (χ2n) is 4.04. The molecule has 0 fully saturated rings. The Bertz CT molecular complexity index is 512. The number of nitrogens with zero attached hydrogens (tertiary/aromatic N) is 1. The van der Waals surface area contributed by atoms with E-state index < -0.39 is 0 Å². The van der Waals surface area contributed by atoms with E-state index in [1.165, 1.54) is 6.92 Å². The lowest BCUT2D eigenvalue weighted by atomic mass is 10.1. The number of aliphatic imine (C=N–C) groups is 1. The van der Waals surface area contributed by atoms with Gasteiger partial charge in [-0.3, -0.25) is 9.79 Å². The van der Waals surface area contributed by atoms with Crippen LogP contribution in [0.3, 0.4) is 0 Å². The van der Waals surface area contributed by atoms with Crippen LogP contribution < -0.4 is 5.32 Å². The summed E-state index contributed by atoms with van der Waals surface area (Å²) in [5.41, 5.74) is 2.40. The first-order valence-electron chi connectivity index (χ1n) is 5.68. The van der Waals surface area contributed by atoms with Crippen LogP contribution >= 0.6 is 0 Å². The molecule has 4 heteroatoms. The molecule has 1 aromatic carbocycles. The van der Waals surface area contributed by atoms with Crippen LogP contribution in [-0.2, 0) is 4.79 Å². The minimum absolute atomic E-state index is 0.0378. The van der Waals surface area contributed by atoms with Gasteiger partial charge in [0.05, 0.1) is 5.57 Å². The molecule has 0 aliphatic heterocycles. The van der Waals surface area contributed by atoms with Crippen LogP contribution in [0.25, 0.3) is 0 Å². The van der Waals surface area contributed by atoms with E-state index >= 15 is 0 Å². The SMILES string of the molecule is CN=C(C)C(C(=O)Nc1ccccc1C)=C(C)O. The van der Waals surface area contributed by atoms with Crippen LogP contribution in [-0.4, -0.2) is 23.8 Å². The molecule has 0 aliphatic carbocycles. The van der Waals surface area contributed by atoms with E-state index in [-0.39, 0.29) is 17.2 Å². The van der Waals surface area contributed by atoms with Crippen molar-refractivity contribution in [3.05, 3.63) is 41.2 Å². The number of benzene rings is 1. The van der Waals surface area contributed by atoms with E-state index in [2.05, 4.69) is 10.3 Å². The molecule has 2 N–H and O–H groups in total. The molecule has 0 unspecified atom stereocenters. The summed E-state index contributed by atoms with van der Waals surface area (Å²) in [6.07, 6.45) is 0. The van der Waals surface area contributed by atoms with Gasteiger partial charge in [-0.05, 0) is 32.4 Å². The monoisotopic (exact) mass is 246 g/mol. The van der Waals surface area contributed by atoms with Crippen molar-refractivity contribution in [2.24, 2.45) is 4.99 Å². The molecule has 0 saturated carbocycles. The van der Waals surface area contributed by atoms with Gasteiger partial charge in [0.15, 0.2) is 0 Å². The number of hydrogen-bond acceptors (Lipinski definition) is 3. The van der Waals surface area contributed by atoms with E-state index in [0.717, 1.165) is 11.3 Å². The van der Waals surface area contributed by atoms with E-state index in [0.29, 0.717) is 5.71 Å². The van der Waals surface area contributed by atoms with Crippen molar-refractivity contribution in [1.29, 1.82) is 0 Å². The minimum atomic E-state index is -0.354. The number of aryl methyl sites for hydroxylation is 1. The van der Waals surface area contributed by atoms with Crippen LogP contribution in [0.5, 0.6) is 0 Å². The Morgan fingerprint density at radius 1 is 1.28 bits per heavy atom. The molecule has 96 valence electrons. The number of aliphatic hydroxyl groups excluding tert-OH is 1. The van der Waals surface area contributed by atoms with Crippen molar-refractivity contribution in [1.82, 2.24) is 0 Å². The number of carbonyl (C=O) groups is 1. The fourth-order valence-electron chi connectivity index (χ4n) is 1.60. The smallest absolute Gasteiger partial charge is 0.260 e. The van der Waals surface area contributed by atoms with E-state index in [9.17, 15) is 9.90 Å². The molecule has 0 radical (unpaired) electrons. The molecule has 0 spiro atoms. The van der Waals surface area contributed by atoms with Gasteiger partial charge in [-0.1, -0.05) is 18.2 Å². The number of para-hydroxylation sites is 1. The summed E-state index contributed by atoms with van der Waals surface area (Å²) in [5.74, 6) is -0.392. The molecule has 0 heterocycles. The van der Waals surface area contributed by atoms with Gasteiger partial charge in [-0.15, -0.1) is 0 Å². The number of anilines is 1. The maximum absolute atomic E-state index is 12.1. The van der Waals surface area contributed by atoms with Gasteiger partial charge >= 0.3 is 0 Å². The topological polar surface area (TPSA) is 61.7 Å². The van der Waals surface area contributed by atoms with Gasteiger partial charge in [-0.25, -0.2) is 0 Å². The molecule has 0 bridgehead atoms. The maximum Gasteiger partial charge on any atom is 0.260 e. The highest BCUT2D eigenvalue weighted by molar-refractivity contribution is 6.25. The predicted octanol–water partition coefficient (Wildman–Crippen LogP) is 2.86. The molecular weight excluding hydrogens is 228 g/mol. The third-order valence-electron chi connectivity index (χ3n) is 2.68. The molecule has 1 aromatic rings. The number of carbonyl (C=O) groups excluding carboxylic acids is 1. The van der Waals surface area contributed by atoms with Crippen molar-refractivity contribution in [3.63, 3.8) is 0 Å². The van der Waals surface area contributed by atoms with Crippen LogP contribution in [0.1, 0.15) is 19.4 Å². The zero-order valence-electron chi connectivity index (χ0n) is 11.1. The van der Waals surface area contributed by atoms with Crippen molar-refractivity contribution in [2.45, 2.75) is 20.8 Å². The van der Waals surface area contributed by atoms with Crippen molar-refractivity contribution in [2.75, 3.05) is 12.4 Å². The second kappa shape index (κ2) is 6.00. The average Bonchev–Trinajstić information content (AvgIpc) is 2.31. The Balaban J connectivity index is 3.02. The first kappa shape index (κ1) is 14.0. The van der Waals surface area contributed by atoms with Gasteiger partial charge in [0.2, 0.25) is 0 Å². The Hall–Kier alpha value is -2.10. The zero-order valence-corrected chi connectivity index (χ0v) is 11.1. The maximum atomic E-state index is 12.1. The van der Waals surface area contributed by atoms with Crippen molar-refractivity contribution >= 4 is 17.3 Å². The number of amides is 1. The summed E-state index contributed by atoms with van der Waals surface area (Å²) in [5, 5.41) is 12.3. The van der Waals surface area contributed by atoms with Crippen LogP contribution in [0, 0.1) is 6.92 Å². The lowest BCUT2D eigenvalue weighted by molar-refractivity contribution is -0.112. The molecule has 1 rings (SSSR count). The second-order valence-corrected chi connectivity index (χ2v) is 4.04. The summed E-state index contributed by atoms with van der Waals surface area (Å²) in [7, 11) is 1.58. The van der Waals surface area contributed by atoms with Gasteiger partial charge < -0.3 is 10.4 Å². The Morgan fingerprint density at radius 3 is 2.39 bits per heavy atom. The van der Waals surface area contributed by atoms with Crippen molar-refractivity contribution in [3.8, 4) is 0 Å². The summed E-state index contributed by atoms with van der Waals surface area (Å²) >= 11 is 0. The van der Waals surface area contributed by atoms with Gasteiger partial charge in [0, 0.05) is 18.4 Å².